The van der Waals surface area contributed by atoms with Crippen molar-refractivity contribution in [2.45, 2.75) is 38.5 Å². The molecule has 5 nitrogen and oxygen atoms in total. The van der Waals surface area contributed by atoms with E-state index >= 15 is 0 Å². The van der Waals surface area contributed by atoms with Crippen molar-refractivity contribution in [1.29, 1.82) is 0 Å². The molecule has 0 fully saturated rings. The van der Waals surface area contributed by atoms with E-state index in [9.17, 15) is 13.2 Å². The fourth-order valence-corrected chi connectivity index (χ4v) is 3.05. The first-order valence-corrected chi connectivity index (χ1v) is 9.62. The Bertz CT molecular complexity index is 808. The summed E-state index contributed by atoms with van der Waals surface area (Å²) in [5, 5.41) is 0. The van der Waals surface area contributed by atoms with E-state index in [2.05, 4.69) is 31.0 Å². The van der Waals surface area contributed by atoms with Gasteiger partial charge in [-0.05, 0) is 48.1 Å². The van der Waals surface area contributed by atoms with Gasteiger partial charge in [-0.3, -0.25) is 10.2 Å². The van der Waals surface area contributed by atoms with Gasteiger partial charge in [0.05, 0.1) is 4.90 Å². The van der Waals surface area contributed by atoms with Crippen LogP contribution >= 0.6 is 0 Å². The van der Waals surface area contributed by atoms with Crippen LogP contribution in [0.15, 0.2) is 59.5 Å². The number of aryl methyl sites for hydroxylation is 1. The lowest BCUT2D eigenvalue weighted by atomic mass is 9.88. The fraction of sp³-hybridized carbons (Fsp3) is 0.316. The van der Waals surface area contributed by atoms with Crippen LogP contribution in [0, 0.1) is 5.41 Å². The van der Waals surface area contributed by atoms with E-state index in [1.165, 1.54) is 12.1 Å². The van der Waals surface area contributed by atoms with Gasteiger partial charge in [-0.1, -0.05) is 51.1 Å². The maximum Gasteiger partial charge on any atom is 0.266 e. The van der Waals surface area contributed by atoms with Crippen molar-refractivity contribution in [2.24, 2.45) is 5.41 Å². The molecule has 0 aliphatic rings. The van der Waals surface area contributed by atoms with Crippen LogP contribution in [0.4, 0.5) is 0 Å². The Morgan fingerprint density at radius 1 is 0.960 bits per heavy atom. The van der Waals surface area contributed by atoms with Gasteiger partial charge < -0.3 is 0 Å². The Labute approximate surface area is 149 Å². The summed E-state index contributed by atoms with van der Waals surface area (Å²) in [6, 6.07) is 15.1. The average Bonchev–Trinajstić information content (AvgIpc) is 2.58. The van der Waals surface area contributed by atoms with Gasteiger partial charge in [-0.15, -0.1) is 4.83 Å². The van der Waals surface area contributed by atoms with Crippen molar-refractivity contribution in [1.82, 2.24) is 10.3 Å². The monoisotopic (exact) mass is 360 g/mol. The second-order valence-corrected chi connectivity index (χ2v) is 8.81. The van der Waals surface area contributed by atoms with Gasteiger partial charge in [-0.25, -0.2) is 8.42 Å². The number of rotatable bonds is 6. The summed E-state index contributed by atoms with van der Waals surface area (Å²) in [5.41, 5.74) is 4.04. The molecule has 2 aromatic rings. The summed E-state index contributed by atoms with van der Waals surface area (Å²) in [4.78, 5) is 14.3. The number of benzene rings is 2. The largest absolute Gasteiger partial charge is 0.273 e. The highest BCUT2D eigenvalue weighted by molar-refractivity contribution is 7.89. The first-order chi connectivity index (χ1) is 11.7. The molecule has 25 heavy (non-hydrogen) atoms. The molecule has 0 saturated heterocycles. The first kappa shape index (κ1) is 19.1. The van der Waals surface area contributed by atoms with Crippen LogP contribution in [0.5, 0.6) is 0 Å². The van der Waals surface area contributed by atoms with E-state index < -0.39 is 15.9 Å². The van der Waals surface area contributed by atoms with Crippen molar-refractivity contribution in [3.63, 3.8) is 0 Å². The molecule has 2 aromatic carbocycles. The Hall–Kier alpha value is -2.18. The van der Waals surface area contributed by atoms with Gasteiger partial charge in [-0.2, -0.15) is 0 Å². The van der Waals surface area contributed by atoms with Crippen LogP contribution < -0.4 is 10.3 Å². The zero-order valence-electron chi connectivity index (χ0n) is 14.7. The van der Waals surface area contributed by atoms with E-state index in [4.69, 9.17) is 0 Å². The highest BCUT2D eigenvalue weighted by Crippen LogP contribution is 2.21. The molecule has 0 bridgehead atoms. The molecule has 6 heteroatoms. The molecule has 0 aliphatic heterocycles. The summed E-state index contributed by atoms with van der Waals surface area (Å²) in [7, 11) is -3.78. The summed E-state index contributed by atoms with van der Waals surface area (Å²) < 4.78 is 24.2. The lowest BCUT2D eigenvalue weighted by molar-refractivity contribution is 0.0945. The molecular weight excluding hydrogens is 336 g/mol. The maximum atomic E-state index is 12.1. The molecule has 0 heterocycles. The van der Waals surface area contributed by atoms with E-state index in [1.807, 2.05) is 12.1 Å². The molecule has 0 spiro atoms. The van der Waals surface area contributed by atoms with Crippen molar-refractivity contribution in [2.75, 3.05) is 0 Å². The van der Waals surface area contributed by atoms with Crippen LogP contribution in [0.25, 0.3) is 0 Å². The highest BCUT2D eigenvalue weighted by Gasteiger charge is 2.15. The molecule has 0 atom stereocenters. The number of sulfonamides is 1. The Balaban J connectivity index is 1.95. The average molecular weight is 360 g/mol. The molecule has 0 radical (unpaired) electrons. The predicted octanol–water partition coefficient (Wildman–Crippen LogP) is 3.29. The molecule has 0 unspecified atom stereocenters. The summed E-state index contributed by atoms with van der Waals surface area (Å²) in [5.74, 6) is -0.498. The molecule has 0 aromatic heterocycles. The molecule has 2 N–H and O–H groups in total. The molecule has 1 amide bonds. The van der Waals surface area contributed by atoms with Gasteiger partial charge in [0.25, 0.3) is 15.9 Å². The number of carbonyl (C=O) groups excluding carboxylic acids is 1. The third-order valence-electron chi connectivity index (χ3n) is 3.73. The van der Waals surface area contributed by atoms with Crippen LogP contribution in [-0.2, 0) is 16.4 Å². The second-order valence-electron chi connectivity index (χ2n) is 7.13. The molecule has 0 saturated carbocycles. The topological polar surface area (TPSA) is 75.3 Å². The summed E-state index contributed by atoms with van der Waals surface area (Å²) >= 11 is 0. The fourth-order valence-electron chi connectivity index (χ4n) is 2.19. The van der Waals surface area contributed by atoms with Crippen LogP contribution in [0.1, 0.15) is 43.1 Å². The lowest BCUT2D eigenvalue weighted by Crippen LogP contribution is -2.41. The van der Waals surface area contributed by atoms with E-state index in [0.29, 0.717) is 5.56 Å². The zero-order valence-corrected chi connectivity index (χ0v) is 15.6. The van der Waals surface area contributed by atoms with Crippen LogP contribution in [-0.4, -0.2) is 14.3 Å². The molecule has 134 valence electrons. The minimum atomic E-state index is -3.78. The minimum absolute atomic E-state index is 0.0906. The Morgan fingerprint density at radius 2 is 1.56 bits per heavy atom. The Kier molecular flexibility index (Phi) is 5.98. The van der Waals surface area contributed by atoms with Crippen molar-refractivity contribution in [3.05, 3.63) is 65.7 Å². The quantitative estimate of drug-likeness (QED) is 0.776. The van der Waals surface area contributed by atoms with E-state index in [0.717, 1.165) is 18.4 Å². The van der Waals surface area contributed by atoms with Crippen molar-refractivity contribution in [3.8, 4) is 0 Å². The lowest BCUT2D eigenvalue weighted by Gasteiger charge is -2.17. The summed E-state index contributed by atoms with van der Waals surface area (Å²) in [6.45, 7) is 6.56. The predicted molar refractivity (Wildman–Crippen MR) is 98.4 cm³/mol. The number of amides is 1. The number of hydrogen-bond donors (Lipinski definition) is 2. The molecule has 0 aliphatic carbocycles. The standard InChI is InChI=1S/C19H24N2O3S/c1-19(2,3)14-13-15-9-11-16(12-10-15)18(22)20-21-25(23,24)17-7-5-4-6-8-17/h4-12,21H,13-14H2,1-3H3,(H,20,22). The van der Waals surface area contributed by atoms with Gasteiger partial charge >= 0.3 is 0 Å². The maximum absolute atomic E-state index is 12.1. The van der Waals surface area contributed by atoms with E-state index in [1.54, 1.807) is 30.3 Å². The Morgan fingerprint density at radius 3 is 2.12 bits per heavy atom. The number of hydrazine groups is 1. The molecular formula is C19H24N2O3S. The van der Waals surface area contributed by atoms with Crippen LogP contribution in [0.2, 0.25) is 0 Å². The van der Waals surface area contributed by atoms with Gasteiger partial charge in [0.15, 0.2) is 0 Å². The summed E-state index contributed by atoms with van der Waals surface area (Å²) in [6.07, 6.45) is 1.99. The third-order valence-corrected chi connectivity index (χ3v) is 5.00. The highest BCUT2D eigenvalue weighted by atomic mass is 32.2. The minimum Gasteiger partial charge on any atom is -0.273 e. The van der Waals surface area contributed by atoms with Gasteiger partial charge in [0.1, 0.15) is 0 Å². The number of carbonyl (C=O) groups is 1. The normalized spacial score (nSPS) is 12.0. The number of hydrogen-bond acceptors (Lipinski definition) is 3. The third kappa shape index (κ3) is 5.99. The van der Waals surface area contributed by atoms with Gasteiger partial charge in [0, 0.05) is 5.56 Å². The molecule has 2 rings (SSSR count). The van der Waals surface area contributed by atoms with Crippen LogP contribution in [0.3, 0.4) is 0 Å². The smallest absolute Gasteiger partial charge is 0.266 e. The second kappa shape index (κ2) is 7.80. The first-order valence-electron chi connectivity index (χ1n) is 8.13. The van der Waals surface area contributed by atoms with Crippen molar-refractivity contribution >= 4 is 15.9 Å². The zero-order chi connectivity index (χ0) is 18.5. The SMILES string of the molecule is CC(C)(C)CCc1ccc(C(=O)NNS(=O)(=O)c2ccccc2)cc1. The number of nitrogens with one attached hydrogen (secondary N) is 2. The van der Waals surface area contributed by atoms with E-state index in [-0.39, 0.29) is 10.3 Å². The van der Waals surface area contributed by atoms with Crippen molar-refractivity contribution < 1.29 is 13.2 Å². The van der Waals surface area contributed by atoms with Gasteiger partial charge in [0.2, 0.25) is 0 Å².